The molecule has 1 N–H and O–H groups in total. The van der Waals surface area contributed by atoms with Gasteiger partial charge in [-0.15, -0.1) is 0 Å². The summed E-state index contributed by atoms with van der Waals surface area (Å²) >= 11 is 0. The molecule has 2 aromatic rings. The van der Waals surface area contributed by atoms with Crippen LogP contribution < -0.4 is 9.46 Å². The fourth-order valence-electron chi connectivity index (χ4n) is 2.03. The Balaban J connectivity index is 2.28. The van der Waals surface area contributed by atoms with Gasteiger partial charge in [-0.3, -0.25) is 4.79 Å². The molecule has 0 spiro atoms. The molecular weight excluding hydrogens is 318 g/mol. The zero-order chi connectivity index (χ0) is 16.9. The van der Waals surface area contributed by atoms with E-state index in [1.54, 1.807) is 30.3 Å². The van der Waals surface area contributed by atoms with Crippen LogP contribution in [0.5, 0.6) is 5.75 Å². The van der Waals surface area contributed by atoms with Crippen LogP contribution in [0, 0.1) is 0 Å². The van der Waals surface area contributed by atoms with Gasteiger partial charge < -0.3 is 9.47 Å². The third-order valence-electron chi connectivity index (χ3n) is 3.14. The lowest BCUT2D eigenvalue weighted by Crippen LogP contribution is -2.31. The third kappa shape index (κ3) is 4.08. The number of hydrogen-bond donors (Lipinski definition) is 1. The molecule has 0 heterocycles. The quantitative estimate of drug-likeness (QED) is 0.873. The lowest BCUT2D eigenvalue weighted by molar-refractivity contribution is 0.0976. The van der Waals surface area contributed by atoms with E-state index in [1.165, 1.54) is 32.4 Å². The smallest absolute Gasteiger partial charge is 0.265 e. The number of ether oxygens (including phenoxy) is 2. The number of carbonyl (C=O) groups excluding carboxylic acids is 1. The van der Waals surface area contributed by atoms with E-state index in [0.29, 0.717) is 11.3 Å². The predicted molar refractivity (Wildman–Crippen MR) is 84.8 cm³/mol. The van der Waals surface area contributed by atoms with Crippen LogP contribution in [0.4, 0.5) is 0 Å². The standard InChI is InChI=1S/C16H17NO5S/c1-21-11-12-6-3-4-9-15(12)16(18)17-23(19,20)14-8-5-7-13(10-14)22-2/h3-10H,11H2,1-2H3,(H,17,18). The van der Waals surface area contributed by atoms with Crippen LogP contribution in [-0.2, 0) is 21.4 Å². The van der Waals surface area contributed by atoms with Crippen LogP contribution in [0.1, 0.15) is 15.9 Å². The molecule has 23 heavy (non-hydrogen) atoms. The molecule has 6 nitrogen and oxygen atoms in total. The van der Waals surface area contributed by atoms with Crippen LogP contribution in [0.15, 0.2) is 53.4 Å². The van der Waals surface area contributed by atoms with E-state index < -0.39 is 15.9 Å². The Labute approximate surface area is 135 Å². The van der Waals surface area contributed by atoms with E-state index in [-0.39, 0.29) is 17.1 Å². The number of rotatable bonds is 6. The number of amides is 1. The molecule has 0 atom stereocenters. The second kappa shape index (κ2) is 7.26. The van der Waals surface area contributed by atoms with Crippen molar-refractivity contribution in [2.75, 3.05) is 14.2 Å². The Kier molecular flexibility index (Phi) is 5.36. The van der Waals surface area contributed by atoms with E-state index in [0.717, 1.165) is 0 Å². The maximum Gasteiger partial charge on any atom is 0.265 e. The van der Waals surface area contributed by atoms with Crippen LogP contribution in [-0.4, -0.2) is 28.5 Å². The van der Waals surface area contributed by atoms with Crippen molar-refractivity contribution in [1.82, 2.24) is 4.72 Å². The molecular formula is C16H17NO5S. The van der Waals surface area contributed by atoms with Gasteiger partial charge in [-0.1, -0.05) is 24.3 Å². The molecule has 0 unspecified atom stereocenters. The minimum absolute atomic E-state index is 0.0468. The Hall–Kier alpha value is -2.38. The molecule has 122 valence electrons. The highest BCUT2D eigenvalue weighted by molar-refractivity contribution is 7.90. The summed E-state index contributed by atoms with van der Waals surface area (Å²) in [5.41, 5.74) is 0.856. The van der Waals surface area contributed by atoms with Crippen LogP contribution >= 0.6 is 0 Å². The number of methoxy groups -OCH3 is 2. The molecule has 0 fully saturated rings. The summed E-state index contributed by atoms with van der Waals surface area (Å²) in [7, 11) is -1.05. The second-order valence-corrected chi connectivity index (χ2v) is 6.39. The highest BCUT2D eigenvalue weighted by Gasteiger charge is 2.20. The first kappa shape index (κ1) is 17.0. The number of hydrogen-bond acceptors (Lipinski definition) is 5. The van der Waals surface area contributed by atoms with Gasteiger partial charge in [0.25, 0.3) is 15.9 Å². The summed E-state index contributed by atoms with van der Waals surface area (Å²) in [6, 6.07) is 12.6. The van der Waals surface area contributed by atoms with Gasteiger partial charge >= 0.3 is 0 Å². The van der Waals surface area contributed by atoms with Crippen molar-refractivity contribution >= 4 is 15.9 Å². The van der Waals surface area contributed by atoms with Crippen molar-refractivity contribution in [1.29, 1.82) is 0 Å². The van der Waals surface area contributed by atoms with Gasteiger partial charge in [0.1, 0.15) is 5.75 Å². The fourth-order valence-corrected chi connectivity index (χ4v) is 3.03. The maximum atomic E-state index is 12.3. The first-order valence-electron chi connectivity index (χ1n) is 6.76. The van der Waals surface area contributed by atoms with Gasteiger partial charge in [-0.2, -0.15) is 0 Å². The normalized spacial score (nSPS) is 11.0. The van der Waals surface area contributed by atoms with Gasteiger partial charge in [-0.25, -0.2) is 13.1 Å². The lowest BCUT2D eigenvalue weighted by atomic mass is 10.1. The average Bonchev–Trinajstić information content (AvgIpc) is 2.55. The van der Waals surface area contributed by atoms with Crippen LogP contribution in [0.3, 0.4) is 0 Å². The van der Waals surface area contributed by atoms with E-state index in [4.69, 9.17) is 9.47 Å². The molecule has 0 bridgehead atoms. The second-order valence-electron chi connectivity index (χ2n) is 4.70. The first-order valence-corrected chi connectivity index (χ1v) is 8.24. The van der Waals surface area contributed by atoms with Gasteiger partial charge in [-0.05, 0) is 23.8 Å². The molecule has 2 aromatic carbocycles. The Bertz CT molecular complexity index is 802. The van der Waals surface area contributed by atoms with Crippen molar-refractivity contribution in [2.24, 2.45) is 0 Å². The van der Waals surface area contributed by atoms with E-state index >= 15 is 0 Å². The Morgan fingerprint density at radius 3 is 2.52 bits per heavy atom. The number of nitrogens with one attached hydrogen (secondary N) is 1. The number of benzene rings is 2. The summed E-state index contributed by atoms with van der Waals surface area (Å²) < 4.78 is 36.7. The Morgan fingerprint density at radius 2 is 1.83 bits per heavy atom. The highest BCUT2D eigenvalue weighted by atomic mass is 32.2. The van der Waals surface area contributed by atoms with Gasteiger partial charge in [0.05, 0.1) is 18.6 Å². The molecule has 0 saturated carbocycles. The summed E-state index contributed by atoms with van der Waals surface area (Å²) in [6.45, 7) is 0.211. The van der Waals surface area contributed by atoms with Crippen molar-refractivity contribution in [2.45, 2.75) is 11.5 Å². The highest BCUT2D eigenvalue weighted by Crippen LogP contribution is 2.18. The zero-order valence-corrected chi connectivity index (χ0v) is 13.6. The monoisotopic (exact) mass is 335 g/mol. The van der Waals surface area contributed by atoms with Crippen molar-refractivity contribution in [3.63, 3.8) is 0 Å². The van der Waals surface area contributed by atoms with Crippen molar-refractivity contribution < 1.29 is 22.7 Å². The lowest BCUT2D eigenvalue weighted by Gasteiger charge is -2.11. The van der Waals surface area contributed by atoms with E-state index in [2.05, 4.69) is 4.72 Å². The number of sulfonamides is 1. The van der Waals surface area contributed by atoms with Gasteiger partial charge in [0, 0.05) is 18.7 Å². The van der Waals surface area contributed by atoms with Crippen LogP contribution in [0.2, 0.25) is 0 Å². The molecule has 0 aliphatic heterocycles. The molecule has 0 aliphatic rings. The SMILES string of the molecule is COCc1ccccc1C(=O)NS(=O)(=O)c1cccc(OC)c1. The minimum atomic E-state index is -3.99. The van der Waals surface area contributed by atoms with Crippen LogP contribution in [0.25, 0.3) is 0 Å². The predicted octanol–water partition coefficient (Wildman–Crippen LogP) is 1.96. The Morgan fingerprint density at radius 1 is 1.09 bits per heavy atom. The maximum absolute atomic E-state index is 12.3. The summed E-state index contributed by atoms with van der Waals surface area (Å²) in [4.78, 5) is 12.3. The number of carbonyl (C=O) groups is 1. The van der Waals surface area contributed by atoms with Gasteiger partial charge in [0.2, 0.25) is 0 Å². The molecule has 0 radical (unpaired) electrons. The van der Waals surface area contributed by atoms with Crippen molar-refractivity contribution in [3.05, 3.63) is 59.7 Å². The summed E-state index contributed by atoms with van der Waals surface area (Å²) in [5.74, 6) is -0.319. The zero-order valence-electron chi connectivity index (χ0n) is 12.8. The van der Waals surface area contributed by atoms with E-state index in [9.17, 15) is 13.2 Å². The minimum Gasteiger partial charge on any atom is -0.497 e. The molecule has 2 rings (SSSR count). The molecule has 0 saturated heterocycles. The summed E-state index contributed by atoms with van der Waals surface area (Å²) in [5, 5.41) is 0. The molecule has 0 aliphatic carbocycles. The topological polar surface area (TPSA) is 81.7 Å². The molecule has 1 amide bonds. The van der Waals surface area contributed by atoms with Crippen molar-refractivity contribution in [3.8, 4) is 5.75 Å². The molecule has 0 aromatic heterocycles. The van der Waals surface area contributed by atoms with Gasteiger partial charge in [0.15, 0.2) is 0 Å². The largest absolute Gasteiger partial charge is 0.497 e. The van der Waals surface area contributed by atoms with E-state index in [1.807, 2.05) is 0 Å². The fraction of sp³-hybridized carbons (Fsp3) is 0.188. The third-order valence-corrected chi connectivity index (χ3v) is 4.47. The first-order chi connectivity index (χ1) is 11.0. The average molecular weight is 335 g/mol. The molecule has 7 heteroatoms. The summed E-state index contributed by atoms with van der Waals surface area (Å²) in [6.07, 6.45) is 0.